The van der Waals surface area contributed by atoms with Crippen molar-refractivity contribution in [3.63, 3.8) is 0 Å². The summed E-state index contributed by atoms with van der Waals surface area (Å²) >= 11 is 5.67. The fraction of sp³-hybridized carbons (Fsp3) is 0.500. The molecule has 7 heteroatoms. The number of ether oxygens (including phenoxy) is 2. The van der Waals surface area contributed by atoms with Gasteiger partial charge in [-0.15, -0.1) is 11.6 Å². The number of hydrogen-bond acceptors (Lipinski definition) is 4. The Morgan fingerprint density at radius 1 is 1.53 bits per heavy atom. The lowest BCUT2D eigenvalue weighted by molar-refractivity contribution is -0.142. The normalized spacial score (nSPS) is 10.6. The molecule has 0 unspecified atom stereocenters. The summed E-state index contributed by atoms with van der Waals surface area (Å²) in [5.74, 6) is -0.691. The number of rotatable bonds is 6. The highest BCUT2D eigenvalue weighted by molar-refractivity contribution is 6.17. The van der Waals surface area contributed by atoms with Gasteiger partial charge in [-0.25, -0.2) is 13.8 Å². The van der Waals surface area contributed by atoms with Crippen molar-refractivity contribution < 1.29 is 23.0 Å². The van der Waals surface area contributed by atoms with E-state index in [1.807, 2.05) is 0 Å². The number of alkyl halides is 3. The van der Waals surface area contributed by atoms with Crippen LogP contribution >= 0.6 is 11.6 Å². The minimum Gasteiger partial charge on any atom is -0.481 e. The number of methoxy groups -OCH3 is 1. The van der Waals surface area contributed by atoms with Crippen LogP contribution < -0.4 is 4.74 Å². The highest BCUT2D eigenvalue weighted by Crippen LogP contribution is 2.29. The molecule has 1 rings (SSSR count). The predicted molar refractivity (Wildman–Crippen MR) is 65.6 cm³/mol. The molecule has 0 fully saturated rings. The molecule has 0 aliphatic heterocycles. The molecule has 0 radical (unpaired) electrons. The maximum absolute atomic E-state index is 12.9. The molecule has 0 spiro atoms. The monoisotopic (exact) mass is 293 g/mol. The SMILES string of the molecule is CCOC(=O)Cc1nc(OC)cc(C(F)F)c1CCl. The molecule has 1 heterocycles. The molecule has 0 aliphatic carbocycles. The quantitative estimate of drug-likeness (QED) is 0.598. The van der Waals surface area contributed by atoms with Crippen molar-refractivity contribution >= 4 is 17.6 Å². The van der Waals surface area contributed by atoms with Crippen molar-refractivity contribution in [2.75, 3.05) is 13.7 Å². The highest BCUT2D eigenvalue weighted by Gasteiger charge is 2.21. The van der Waals surface area contributed by atoms with Crippen molar-refractivity contribution in [2.45, 2.75) is 25.7 Å². The summed E-state index contributed by atoms with van der Waals surface area (Å²) in [5.41, 5.74) is 0.0229. The largest absolute Gasteiger partial charge is 0.481 e. The topological polar surface area (TPSA) is 48.4 Å². The van der Waals surface area contributed by atoms with E-state index in [9.17, 15) is 13.6 Å². The molecule has 0 amide bonds. The Kier molecular flexibility index (Phi) is 5.95. The molecule has 0 bridgehead atoms. The third-order valence-corrected chi connectivity index (χ3v) is 2.68. The zero-order chi connectivity index (χ0) is 14.4. The van der Waals surface area contributed by atoms with E-state index < -0.39 is 12.4 Å². The van der Waals surface area contributed by atoms with Crippen LogP contribution in [-0.4, -0.2) is 24.7 Å². The van der Waals surface area contributed by atoms with E-state index in [0.29, 0.717) is 0 Å². The van der Waals surface area contributed by atoms with Crippen LogP contribution in [0.25, 0.3) is 0 Å². The number of pyridine rings is 1. The van der Waals surface area contributed by atoms with Crippen molar-refractivity contribution in [3.8, 4) is 5.88 Å². The highest BCUT2D eigenvalue weighted by atomic mass is 35.5. The molecule has 0 atom stereocenters. The van der Waals surface area contributed by atoms with Crippen molar-refractivity contribution in [2.24, 2.45) is 0 Å². The molecular formula is C12H14ClF2NO3. The van der Waals surface area contributed by atoms with Gasteiger partial charge >= 0.3 is 5.97 Å². The first-order valence-corrected chi connectivity index (χ1v) is 6.13. The van der Waals surface area contributed by atoms with Crippen LogP contribution in [-0.2, 0) is 21.8 Å². The minimum absolute atomic E-state index is 0.0171. The van der Waals surface area contributed by atoms with E-state index in [1.54, 1.807) is 6.92 Å². The van der Waals surface area contributed by atoms with Crippen LogP contribution in [0.15, 0.2) is 6.07 Å². The summed E-state index contributed by atoms with van der Waals surface area (Å²) in [6.07, 6.45) is -2.93. The van der Waals surface area contributed by atoms with E-state index in [1.165, 1.54) is 7.11 Å². The Labute approximate surface area is 114 Å². The van der Waals surface area contributed by atoms with E-state index in [4.69, 9.17) is 21.1 Å². The van der Waals surface area contributed by atoms with E-state index >= 15 is 0 Å². The van der Waals surface area contributed by atoms with Gasteiger partial charge in [-0.1, -0.05) is 0 Å². The third kappa shape index (κ3) is 4.02. The van der Waals surface area contributed by atoms with Crippen molar-refractivity contribution in [1.29, 1.82) is 0 Å². The summed E-state index contributed by atoms with van der Waals surface area (Å²) in [6.45, 7) is 1.87. The van der Waals surface area contributed by atoms with E-state index in [-0.39, 0.29) is 41.6 Å². The first kappa shape index (κ1) is 15.6. The van der Waals surface area contributed by atoms with Gasteiger partial charge in [0.25, 0.3) is 6.43 Å². The molecule has 1 aromatic rings. The van der Waals surface area contributed by atoms with E-state index in [2.05, 4.69) is 4.98 Å². The first-order chi connectivity index (χ1) is 9.03. The molecule has 0 N–H and O–H groups in total. The van der Waals surface area contributed by atoms with Gasteiger partial charge in [0.2, 0.25) is 5.88 Å². The number of carbonyl (C=O) groups is 1. The zero-order valence-corrected chi connectivity index (χ0v) is 11.3. The maximum Gasteiger partial charge on any atom is 0.311 e. The van der Waals surface area contributed by atoms with Crippen molar-refractivity contribution in [1.82, 2.24) is 4.98 Å². The van der Waals surface area contributed by atoms with Gasteiger partial charge in [-0.05, 0) is 12.5 Å². The summed E-state index contributed by atoms with van der Waals surface area (Å²) in [4.78, 5) is 15.4. The summed E-state index contributed by atoms with van der Waals surface area (Å²) < 4.78 is 35.5. The van der Waals surface area contributed by atoms with Crippen LogP contribution in [0.2, 0.25) is 0 Å². The number of hydrogen-bond donors (Lipinski definition) is 0. The Hall–Kier alpha value is -1.43. The second-order valence-corrected chi connectivity index (χ2v) is 3.86. The smallest absolute Gasteiger partial charge is 0.311 e. The van der Waals surface area contributed by atoms with Crippen LogP contribution in [0.4, 0.5) is 8.78 Å². The third-order valence-electron chi connectivity index (χ3n) is 2.42. The molecule has 0 saturated heterocycles. The second-order valence-electron chi connectivity index (χ2n) is 3.60. The van der Waals surface area contributed by atoms with E-state index in [0.717, 1.165) is 6.07 Å². The van der Waals surface area contributed by atoms with Gasteiger partial charge in [0, 0.05) is 17.5 Å². The zero-order valence-electron chi connectivity index (χ0n) is 10.6. The number of nitrogens with zero attached hydrogens (tertiary/aromatic N) is 1. The molecule has 1 aromatic heterocycles. The minimum atomic E-state index is -2.72. The first-order valence-electron chi connectivity index (χ1n) is 5.59. The van der Waals surface area contributed by atoms with Crippen LogP contribution in [0.3, 0.4) is 0 Å². The van der Waals surface area contributed by atoms with Gasteiger partial charge < -0.3 is 9.47 Å². The fourth-order valence-electron chi connectivity index (χ4n) is 1.57. The van der Waals surface area contributed by atoms with Crippen LogP contribution in [0.1, 0.15) is 30.2 Å². The lowest BCUT2D eigenvalue weighted by Crippen LogP contribution is -2.12. The van der Waals surface area contributed by atoms with Gasteiger partial charge in [-0.2, -0.15) is 0 Å². The second kappa shape index (κ2) is 7.23. The Morgan fingerprint density at radius 3 is 2.68 bits per heavy atom. The molecule has 0 aliphatic rings. The molecule has 0 saturated carbocycles. The maximum atomic E-state index is 12.9. The Balaban J connectivity index is 3.19. The summed E-state index contributed by atoms with van der Waals surface area (Å²) in [7, 11) is 1.31. The lowest BCUT2D eigenvalue weighted by Gasteiger charge is -2.13. The number of halogens is 3. The van der Waals surface area contributed by atoms with Crippen LogP contribution in [0, 0.1) is 0 Å². The van der Waals surface area contributed by atoms with Gasteiger partial charge in [0.1, 0.15) is 0 Å². The molecule has 106 valence electrons. The predicted octanol–water partition coefficient (Wildman–Crippen LogP) is 2.87. The standard InChI is InChI=1S/C12H14ClF2NO3/c1-3-19-11(17)5-9-8(6-13)7(12(14)15)4-10(16-9)18-2/h4,12H,3,5-6H2,1-2H3. The van der Waals surface area contributed by atoms with Gasteiger partial charge in [0.05, 0.1) is 25.8 Å². The molecule has 0 aromatic carbocycles. The van der Waals surface area contributed by atoms with Crippen LogP contribution in [0.5, 0.6) is 5.88 Å². The molecule has 19 heavy (non-hydrogen) atoms. The summed E-state index contributed by atoms with van der Waals surface area (Å²) in [6, 6.07) is 1.12. The van der Waals surface area contributed by atoms with Gasteiger partial charge in [0.15, 0.2) is 0 Å². The number of esters is 1. The number of aromatic nitrogens is 1. The average Bonchev–Trinajstić information content (AvgIpc) is 2.37. The number of carbonyl (C=O) groups excluding carboxylic acids is 1. The Morgan fingerprint density at radius 2 is 2.21 bits per heavy atom. The summed E-state index contributed by atoms with van der Waals surface area (Å²) in [5, 5.41) is 0. The fourth-order valence-corrected chi connectivity index (χ4v) is 1.88. The molecule has 4 nitrogen and oxygen atoms in total. The Bertz CT molecular complexity index is 455. The molecular weight excluding hydrogens is 280 g/mol. The average molecular weight is 294 g/mol. The van der Waals surface area contributed by atoms with Crippen molar-refractivity contribution in [3.05, 3.63) is 22.9 Å². The lowest BCUT2D eigenvalue weighted by atomic mass is 10.1. The van der Waals surface area contributed by atoms with Gasteiger partial charge in [-0.3, -0.25) is 4.79 Å².